The van der Waals surface area contributed by atoms with E-state index in [4.69, 9.17) is 14.6 Å². The number of carboxylic acids is 1. The lowest BCUT2D eigenvalue weighted by Gasteiger charge is -2.22. The summed E-state index contributed by atoms with van der Waals surface area (Å²) in [6.45, 7) is 0.805. The molecule has 0 atom stereocenters. The summed E-state index contributed by atoms with van der Waals surface area (Å²) in [6, 6.07) is 1.53. The number of fused-ring (bicyclic) bond motifs is 1. The summed E-state index contributed by atoms with van der Waals surface area (Å²) in [7, 11) is 0. The Hall–Kier alpha value is -1.30. The SMILES string of the molecule is O=C(O)CCCc1c(F)c(Br)cc2c1OCCO2. The highest BCUT2D eigenvalue weighted by Crippen LogP contribution is 2.39. The van der Waals surface area contributed by atoms with E-state index in [1.165, 1.54) is 6.07 Å². The van der Waals surface area contributed by atoms with Crippen LogP contribution in [0.25, 0.3) is 0 Å². The van der Waals surface area contributed by atoms with E-state index in [2.05, 4.69) is 15.9 Å². The fourth-order valence-corrected chi connectivity index (χ4v) is 2.28. The largest absolute Gasteiger partial charge is 0.486 e. The minimum Gasteiger partial charge on any atom is -0.486 e. The maximum Gasteiger partial charge on any atom is 0.303 e. The Labute approximate surface area is 112 Å². The molecule has 18 heavy (non-hydrogen) atoms. The van der Waals surface area contributed by atoms with Gasteiger partial charge in [-0.25, -0.2) is 4.39 Å². The molecule has 0 amide bonds. The van der Waals surface area contributed by atoms with E-state index in [0.29, 0.717) is 47.6 Å². The Morgan fingerprint density at radius 2 is 2.17 bits per heavy atom. The lowest BCUT2D eigenvalue weighted by Crippen LogP contribution is -2.17. The van der Waals surface area contributed by atoms with Gasteiger partial charge in [-0.05, 0) is 28.8 Å². The van der Waals surface area contributed by atoms with Crippen molar-refractivity contribution in [2.24, 2.45) is 0 Å². The van der Waals surface area contributed by atoms with Gasteiger partial charge in [0.25, 0.3) is 0 Å². The summed E-state index contributed by atoms with van der Waals surface area (Å²) in [5.74, 6) is -0.409. The maximum absolute atomic E-state index is 14.0. The molecule has 0 saturated heterocycles. The van der Waals surface area contributed by atoms with Crippen LogP contribution in [0, 0.1) is 5.82 Å². The van der Waals surface area contributed by atoms with Gasteiger partial charge in [-0.2, -0.15) is 0 Å². The Morgan fingerprint density at radius 1 is 1.44 bits per heavy atom. The van der Waals surface area contributed by atoms with E-state index >= 15 is 0 Å². The van der Waals surface area contributed by atoms with Crippen LogP contribution in [0.2, 0.25) is 0 Å². The molecule has 0 radical (unpaired) electrons. The third kappa shape index (κ3) is 2.75. The van der Waals surface area contributed by atoms with E-state index in [1.54, 1.807) is 0 Å². The minimum absolute atomic E-state index is 0.00157. The lowest BCUT2D eigenvalue weighted by atomic mass is 10.1. The van der Waals surface area contributed by atoms with Crippen molar-refractivity contribution in [1.29, 1.82) is 0 Å². The Bertz CT molecular complexity index is 476. The predicted octanol–water partition coefficient (Wildman–Crippen LogP) is 2.77. The first-order valence-electron chi connectivity index (χ1n) is 5.58. The number of halogens is 2. The van der Waals surface area contributed by atoms with Crippen LogP contribution in [-0.4, -0.2) is 24.3 Å². The molecule has 1 aliphatic rings. The van der Waals surface area contributed by atoms with Gasteiger partial charge in [0.05, 0.1) is 4.47 Å². The molecule has 1 aromatic rings. The monoisotopic (exact) mass is 318 g/mol. The summed E-state index contributed by atoms with van der Waals surface area (Å²) in [5.41, 5.74) is 0.375. The van der Waals surface area contributed by atoms with Gasteiger partial charge in [-0.1, -0.05) is 0 Å². The van der Waals surface area contributed by atoms with Gasteiger partial charge >= 0.3 is 5.97 Å². The molecular weight excluding hydrogens is 307 g/mol. The van der Waals surface area contributed by atoms with Crippen LogP contribution in [0.15, 0.2) is 10.5 Å². The topological polar surface area (TPSA) is 55.8 Å². The summed E-state index contributed by atoms with van der Waals surface area (Å²) in [4.78, 5) is 10.5. The molecule has 0 spiro atoms. The zero-order chi connectivity index (χ0) is 13.1. The van der Waals surface area contributed by atoms with Crippen LogP contribution >= 0.6 is 15.9 Å². The van der Waals surface area contributed by atoms with Crippen LogP contribution in [0.5, 0.6) is 11.5 Å². The van der Waals surface area contributed by atoms with Crippen LogP contribution < -0.4 is 9.47 Å². The minimum atomic E-state index is -0.892. The summed E-state index contributed by atoms with van der Waals surface area (Å²) in [6.07, 6.45) is 0.670. The number of hydrogen-bond donors (Lipinski definition) is 1. The van der Waals surface area contributed by atoms with Gasteiger partial charge in [0.1, 0.15) is 19.0 Å². The number of benzene rings is 1. The molecule has 0 bridgehead atoms. The summed E-state index contributed by atoms with van der Waals surface area (Å²) in [5, 5.41) is 8.59. The molecule has 0 fully saturated rings. The number of hydrogen-bond acceptors (Lipinski definition) is 3. The molecule has 98 valence electrons. The number of rotatable bonds is 4. The van der Waals surface area contributed by atoms with Gasteiger partial charge in [-0.3, -0.25) is 4.79 Å². The molecule has 0 aromatic heterocycles. The van der Waals surface area contributed by atoms with Gasteiger partial charge < -0.3 is 14.6 Å². The van der Waals surface area contributed by atoms with E-state index in [9.17, 15) is 9.18 Å². The molecule has 4 nitrogen and oxygen atoms in total. The number of aliphatic carboxylic acids is 1. The summed E-state index contributed by atoms with van der Waals surface area (Å²) < 4.78 is 25.1. The number of carbonyl (C=O) groups is 1. The average molecular weight is 319 g/mol. The van der Waals surface area contributed by atoms with E-state index in [0.717, 1.165) is 0 Å². The molecular formula is C12H12BrFO4. The number of carboxylic acid groups (broad SMARTS) is 1. The molecule has 1 N–H and O–H groups in total. The first-order valence-corrected chi connectivity index (χ1v) is 6.37. The first kappa shape index (κ1) is 13.1. The van der Waals surface area contributed by atoms with Crippen molar-refractivity contribution in [3.8, 4) is 11.5 Å². The van der Waals surface area contributed by atoms with Gasteiger partial charge in [0.2, 0.25) is 0 Å². The maximum atomic E-state index is 14.0. The van der Waals surface area contributed by atoms with Crippen LogP contribution in [0.4, 0.5) is 4.39 Å². The van der Waals surface area contributed by atoms with Gasteiger partial charge in [-0.15, -0.1) is 0 Å². The standard InChI is InChI=1S/C12H12BrFO4/c13-8-6-9-12(18-5-4-17-9)7(11(8)14)2-1-3-10(15)16/h6H,1-5H2,(H,15,16). The average Bonchev–Trinajstić information content (AvgIpc) is 2.33. The van der Waals surface area contributed by atoms with Crippen LogP contribution in [0.1, 0.15) is 18.4 Å². The third-order valence-electron chi connectivity index (χ3n) is 2.64. The summed E-state index contributed by atoms with van der Waals surface area (Å²) >= 11 is 3.12. The Morgan fingerprint density at radius 3 is 2.89 bits per heavy atom. The van der Waals surface area contributed by atoms with E-state index < -0.39 is 11.8 Å². The second-order valence-corrected chi connectivity index (χ2v) is 4.78. The van der Waals surface area contributed by atoms with Crippen molar-refractivity contribution in [3.05, 3.63) is 21.9 Å². The van der Waals surface area contributed by atoms with Crippen molar-refractivity contribution in [1.82, 2.24) is 0 Å². The van der Waals surface area contributed by atoms with Crippen molar-refractivity contribution >= 4 is 21.9 Å². The van der Waals surface area contributed by atoms with E-state index in [1.807, 2.05) is 0 Å². The van der Waals surface area contributed by atoms with Crippen molar-refractivity contribution in [2.45, 2.75) is 19.3 Å². The second-order valence-electron chi connectivity index (χ2n) is 3.92. The smallest absolute Gasteiger partial charge is 0.303 e. The highest BCUT2D eigenvalue weighted by atomic mass is 79.9. The van der Waals surface area contributed by atoms with Crippen molar-refractivity contribution in [2.75, 3.05) is 13.2 Å². The third-order valence-corrected chi connectivity index (χ3v) is 3.21. The van der Waals surface area contributed by atoms with Crippen molar-refractivity contribution in [3.63, 3.8) is 0 Å². The predicted molar refractivity (Wildman–Crippen MR) is 65.7 cm³/mol. The lowest BCUT2D eigenvalue weighted by molar-refractivity contribution is -0.137. The van der Waals surface area contributed by atoms with Crippen LogP contribution in [-0.2, 0) is 11.2 Å². The molecule has 0 saturated carbocycles. The molecule has 6 heteroatoms. The van der Waals surface area contributed by atoms with Crippen LogP contribution in [0.3, 0.4) is 0 Å². The zero-order valence-electron chi connectivity index (χ0n) is 9.54. The Kier molecular flexibility index (Phi) is 4.06. The molecule has 0 aliphatic carbocycles. The first-order chi connectivity index (χ1) is 8.59. The number of ether oxygens (including phenoxy) is 2. The van der Waals surface area contributed by atoms with Crippen molar-refractivity contribution < 1.29 is 23.8 Å². The molecule has 2 rings (SSSR count). The molecule has 0 unspecified atom stereocenters. The molecule has 1 aliphatic heterocycles. The Balaban J connectivity index is 2.26. The van der Waals surface area contributed by atoms with Gasteiger partial charge in [0.15, 0.2) is 11.5 Å². The highest BCUT2D eigenvalue weighted by Gasteiger charge is 2.22. The fourth-order valence-electron chi connectivity index (χ4n) is 1.84. The fraction of sp³-hybridized carbons (Fsp3) is 0.417. The molecule has 1 aromatic carbocycles. The van der Waals surface area contributed by atoms with E-state index in [-0.39, 0.29) is 6.42 Å². The zero-order valence-corrected chi connectivity index (χ0v) is 11.1. The van der Waals surface area contributed by atoms with Gasteiger partial charge in [0, 0.05) is 18.1 Å². The normalized spacial score (nSPS) is 13.4. The molecule has 1 heterocycles. The highest BCUT2D eigenvalue weighted by molar-refractivity contribution is 9.10. The second kappa shape index (κ2) is 5.56. The quantitative estimate of drug-likeness (QED) is 0.927.